The summed E-state index contributed by atoms with van der Waals surface area (Å²) in [6.07, 6.45) is 4.29. The molecule has 0 saturated carbocycles. The Balaban J connectivity index is 1.59. The number of ether oxygens (including phenoxy) is 2. The molecule has 1 fully saturated rings. The van der Waals surface area contributed by atoms with Gasteiger partial charge in [-0.15, -0.1) is 0 Å². The molecule has 0 radical (unpaired) electrons. The molecule has 11 nitrogen and oxygen atoms in total. The second-order valence-electron chi connectivity index (χ2n) is 7.98. The fraction of sp³-hybridized carbons (Fsp3) is 0.500. The second kappa shape index (κ2) is 11.3. The third kappa shape index (κ3) is 6.93. The van der Waals surface area contributed by atoms with Crippen LogP contribution in [-0.4, -0.2) is 70.8 Å². The number of amides is 3. The highest BCUT2D eigenvalue weighted by molar-refractivity contribution is 5.88. The lowest BCUT2D eigenvalue weighted by Gasteiger charge is -2.37. The summed E-state index contributed by atoms with van der Waals surface area (Å²) in [5.74, 6) is 1.74. The molecule has 3 heterocycles. The summed E-state index contributed by atoms with van der Waals surface area (Å²) >= 11 is 0. The first-order valence-electron chi connectivity index (χ1n) is 11.0. The summed E-state index contributed by atoms with van der Waals surface area (Å²) in [5, 5.41) is 5.47. The van der Waals surface area contributed by atoms with Crippen molar-refractivity contribution >= 4 is 23.9 Å². The van der Waals surface area contributed by atoms with Crippen molar-refractivity contribution in [1.82, 2.24) is 25.2 Å². The normalized spacial score (nSPS) is 15.7. The molecule has 1 atom stereocenters. The number of pyridine rings is 1. The summed E-state index contributed by atoms with van der Waals surface area (Å²) in [4.78, 5) is 41.2. The van der Waals surface area contributed by atoms with Crippen molar-refractivity contribution in [2.75, 3.05) is 37.0 Å². The van der Waals surface area contributed by atoms with Gasteiger partial charge in [0.2, 0.25) is 11.8 Å². The summed E-state index contributed by atoms with van der Waals surface area (Å²) in [6, 6.07) is 4.68. The zero-order valence-corrected chi connectivity index (χ0v) is 19.4. The minimum atomic E-state index is -0.564. The van der Waals surface area contributed by atoms with Crippen molar-refractivity contribution in [2.24, 2.45) is 0 Å². The lowest BCUT2D eigenvalue weighted by molar-refractivity contribution is 0.193. The van der Waals surface area contributed by atoms with Crippen LogP contribution in [0.3, 0.4) is 0 Å². The molecule has 3 rings (SSSR count). The lowest BCUT2D eigenvalue weighted by atomic mass is 10.1. The molecule has 1 saturated heterocycles. The molecule has 0 aliphatic carbocycles. The Morgan fingerprint density at radius 2 is 2.09 bits per heavy atom. The highest BCUT2D eigenvalue weighted by atomic mass is 16.6. The van der Waals surface area contributed by atoms with Crippen LogP contribution in [0, 0.1) is 0 Å². The van der Waals surface area contributed by atoms with E-state index in [1.54, 1.807) is 36.5 Å². The molecule has 1 aliphatic rings. The van der Waals surface area contributed by atoms with Crippen molar-refractivity contribution in [3.63, 3.8) is 0 Å². The summed E-state index contributed by atoms with van der Waals surface area (Å²) in [6.45, 7) is 7.45. The number of piperidine rings is 1. The van der Waals surface area contributed by atoms with Gasteiger partial charge in [0.25, 0.3) is 0 Å². The minimum absolute atomic E-state index is 0.0406. The Morgan fingerprint density at radius 3 is 2.79 bits per heavy atom. The van der Waals surface area contributed by atoms with Crippen LogP contribution in [0.2, 0.25) is 0 Å². The Kier molecular flexibility index (Phi) is 8.22. The van der Waals surface area contributed by atoms with Gasteiger partial charge in [0.15, 0.2) is 0 Å². The Morgan fingerprint density at radius 1 is 1.27 bits per heavy atom. The molecule has 11 heteroatoms. The molecule has 3 amide bonds. The van der Waals surface area contributed by atoms with E-state index in [0.717, 1.165) is 19.4 Å². The number of carbonyl (C=O) groups excluding carboxylic acids is 2. The molecule has 178 valence electrons. The second-order valence-corrected chi connectivity index (χ2v) is 7.98. The van der Waals surface area contributed by atoms with E-state index in [-0.39, 0.29) is 24.0 Å². The van der Waals surface area contributed by atoms with Gasteiger partial charge in [-0.3, -0.25) is 5.32 Å². The van der Waals surface area contributed by atoms with E-state index in [1.165, 1.54) is 6.07 Å². The van der Waals surface area contributed by atoms with Crippen molar-refractivity contribution < 1.29 is 19.1 Å². The van der Waals surface area contributed by atoms with Gasteiger partial charge in [-0.25, -0.2) is 19.6 Å². The highest BCUT2D eigenvalue weighted by Gasteiger charge is 2.28. The average molecular weight is 458 g/mol. The van der Waals surface area contributed by atoms with Crippen molar-refractivity contribution in [2.45, 2.75) is 45.7 Å². The van der Waals surface area contributed by atoms with Crippen LogP contribution in [0.15, 0.2) is 30.6 Å². The molecule has 1 aliphatic heterocycles. The first kappa shape index (κ1) is 24.0. The number of carbonyl (C=O) groups is 2. The number of nitrogens with one attached hydrogen (secondary N) is 2. The monoisotopic (exact) mass is 457 g/mol. The Labute approximate surface area is 193 Å². The molecule has 0 bridgehead atoms. The van der Waals surface area contributed by atoms with Crippen LogP contribution in [0.25, 0.3) is 0 Å². The molecule has 0 aromatic carbocycles. The lowest BCUT2D eigenvalue weighted by Crippen LogP contribution is -2.50. The van der Waals surface area contributed by atoms with Crippen LogP contribution in [0.1, 0.15) is 33.6 Å². The Hall–Kier alpha value is -3.63. The van der Waals surface area contributed by atoms with E-state index in [9.17, 15) is 9.59 Å². The predicted octanol–water partition coefficient (Wildman–Crippen LogP) is 2.90. The topological polar surface area (TPSA) is 122 Å². The zero-order valence-electron chi connectivity index (χ0n) is 19.4. The van der Waals surface area contributed by atoms with Gasteiger partial charge >= 0.3 is 12.1 Å². The van der Waals surface area contributed by atoms with Gasteiger partial charge in [-0.05, 0) is 45.7 Å². The van der Waals surface area contributed by atoms with Gasteiger partial charge in [0.1, 0.15) is 11.6 Å². The molecular formula is C22H31N7O4. The SMILES string of the molecule is CCOc1ccc(NC(=O)N(C)[C@@H]2CCCN(c3nccc(OC(=O)NC(C)C)n3)C2)nc1. The van der Waals surface area contributed by atoms with Gasteiger partial charge in [-0.2, -0.15) is 4.98 Å². The van der Waals surface area contributed by atoms with Gasteiger partial charge in [-0.1, -0.05) is 0 Å². The maximum atomic E-state index is 12.8. The third-order valence-electron chi connectivity index (χ3n) is 5.05. The largest absolute Gasteiger partial charge is 0.492 e. The maximum Gasteiger partial charge on any atom is 0.414 e. The molecule has 0 spiro atoms. The Bertz CT molecular complexity index is 939. The zero-order chi connectivity index (χ0) is 23.8. The predicted molar refractivity (Wildman–Crippen MR) is 124 cm³/mol. The third-order valence-corrected chi connectivity index (χ3v) is 5.05. The van der Waals surface area contributed by atoms with Gasteiger partial charge in [0, 0.05) is 38.4 Å². The average Bonchev–Trinajstić information content (AvgIpc) is 2.79. The van der Waals surface area contributed by atoms with E-state index in [2.05, 4.69) is 25.6 Å². The van der Waals surface area contributed by atoms with E-state index in [0.29, 0.717) is 30.7 Å². The number of hydrogen-bond acceptors (Lipinski definition) is 8. The van der Waals surface area contributed by atoms with Crippen molar-refractivity contribution in [3.05, 3.63) is 30.6 Å². The van der Waals surface area contributed by atoms with Crippen LogP contribution in [0.4, 0.5) is 21.4 Å². The smallest absolute Gasteiger partial charge is 0.414 e. The minimum Gasteiger partial charge on any atom is -0.492 e. The molecule has 2 aromatic rings. The summed E-state index contributed by atoms with van der Waals surface area (Å²) in [7, 11) is 1.76. The van der Waals surface area contributed by atoms with E-state index < -0.39 is 6.09 Å². The molecule has 2 aromatic heterocycles. The highest BCUT2D eigenvalue weighted by Crippen LogP contribution is 2.21. The number of rotatable bonds is 7. The van der Waals surface area contributed by atoms with E-state index in [4.69, 9.17) is 9.47 Å². The fourth-order valence-corrected chi connectivity index (χ4v) is 3.42. The number of likely N-dealkylation sites (N-methyl/N-ethyl adjacent to an activating group) is 1. The quantitative estimate of drug-likeness (QED) is 0.651. The van der Waals surface area contributed by atoms with E-state index >= 15 is 0 Å². The molecule has 0 unspecified atom stereocenters. The van der Waals surface area contributed by atoms with Crippen LogP contribution < -0.4 is 25.0 Å². The maximum absolute atomic E-state index is 12.8. The summed E-state index contributed by atoms with van der Waals surface area (Å²) in [5.41, 5.74) is 0. The van der Waals surface area contributed by atoms with Crippen LogP contribution >= 0.6 is 0 Å². The van der Waals surface area contributed by atoms with E-state index in [1.807, 2.05) is 25.7 Å². The number of anilines is 2. The molecule has 33 heavy (non-hydrogen) atoms. The molecule has 2 N–H and O–H groups in total. The van der Waals surface area contributed by atoms with Crippen LogP contribution in [0.5, 0.6) is 11.6 Å². The fourth-order valence-electron chi connectivity index (χ4n) is 3.42. The van der Waals surface area contributed by atoms with Crippen LogP contribution in [-0.2, 0) is 0 Å². The number of hydrogen-bond donors (Lipinski definition) is 2. The first-order valence-corrected chi connectivity index (χ1v) is 11.0. The molecular weight excluding hydrogens is 426 g/mol. The van der Waals surface area contributed by atoms with Crippen molar-refractivity contribution in [1.29, 1.82) is 0 Å². The van der Waals surface area contributed by atoms with Crippen molar-refractivity contribution in [3.8, 4) is 11.6 Å². The number of nitrogens with zero attached hydrogens (tertiary/aromatic N) is 5. The summed E-state index contributed by atoms with van der Waals surface area (Å²) < 4.78 is 10.6. The van der Waals surface area contributed by atoms with Gasteiger partial charge in [0.05, 0.1) is 18.8 Å². The number of aromatic nitrogens is 3. The number of urea groups is 1. The first-order chi connectivity index (χ1) is 15.9. The van der Waals surface area contributed by atoms with Gasteiger partial charge < -0.3 is 24.6 Å². The standard InChI is InChI=1S/C22H31N7O4/c1-5-32-17-8-9-18(24-13-17)26-21(30)28(4)16-7-6-12-29(14-16)20-23-11-10-19(27-20)33-22(31)25-15(2)3/h8-11,13,15-16H,5-7,12,14H2,1-4H3,(H,25,31)(H,24,26,30)/t16-/m1/s1.